The van der Waals surface area contributed by atoms with Crippen molar-refractivity contribution >= 4 is 5.97 Å². The maximum atomic E-state index is 10.5. The number of hydrogen-bond donors (Lipinski definition) is 2. The van der Waals surface area contributed by atoms with Crippen LogP contribution in [0.3, 0.4) is 0 Å². The predicted molar refractivity (Wildman–Crippen MR) is 56.6 cm³/mol. The molecule has 0 amide bonds. The Bertz CT molecular complexity index is 321. The molecule has 82 valence electrons. The average molecular weight is 209 g/mol. The molecule has 0 bridgehead atoms. The molecule has 0 heterocycles. The first-order chi connectivity index (χ1) is 7.13. The lowest BCUT2D eigenvalue weighted by atomic mass is 10.2. The highest BCUT2D eigenvalue weighted by Gasteiger charge is 2.11. The van der Waals surface area contributed by atoms with Crippen LogP contribution in [-0.2, 0) is 11.3 Å². The van der Waals surface area contributed by atoms with E-state index in [4.69, 9.17) is 15.6 Å². The smallest absolute Gasteiger partial charge is 0.309 e. The van der Waals surface area contributed by atoms with Gasteiger partial charge in [0.2, 0.25) is 0 Å². The highest BCUT2D eigenvalue weighted by molar-refractivity contribution is 5.69. The van der Waals surface area contributed by atoms with Gasteiger partial charge in [-0.25, -0.2) is 0 Å². The van der Waals surface area contributed by atoms with E-state index in [-0.39, 0.29) is 6.61 Å². The molecule has 1 aromatic carbocycles. The van der Waals surface area contributed by atoms with Crippen molar-refractivity contribution in [3.63, 3.8) is 0 Å². The summed E-state index contributed by atoms with van der Waals surface area (Å²) in [4.78, 5) is 10.5. The fraction of sp³-hybridized carbons (Fsp3) is 0.364. The van der Waals surface area contributed by atoms with E-state index in [1.807, 2.05) is 12.1 Å². The Balaban J connectivity index is 2.47. The van der Waals surface area contributed by atoms with Gasteiger partial charge < -0.3 is 15.6 Å². The average Bonchev–Trinajstić information content (AvgIpc) is 2.26. The molecular weight excluding hydrogens is 194 g/mol. The van der Waals surface area contributed by atoms with Crippen molar-refractivity contribution in [2.24, 2.45) is 11.7 Å². The van der Waals surface area contributed by atoms with E-state index in [1.165, 1.54) is 0 Å². The van der Waals surface area contributed by atoms with E-state index in [2.05, 4.69) is 0 Å². The minimum absolute atomic E-state index is 0.178. The van der Waals surface area contributed by atoms with Crippen molar-refractivity contribution in [3.8, 4) is 5.75 Å². The van der Waals surface area contributed by atoms with Crippen molar-refractivity contribution in [2.75, 3.05) is 6.61 Å². The first kappa shape index (κ1) is 11.5. The second-order valence-corrected chi connectivity index (χ2v) is 3.40. The van der Waals surface area contributed by atoms with E-state index >= 15 is 0 Å². The summed E-state index contributed by atoms with van der Waals surface area (Å²) in [5.74, 6) is -0.687. The minimum Gasteiger partial charge on any atom is -0.493 e. The van der Waals surface area contributed by atoms with E-state index in [0.717, 1.165) is 5.56 Å². The van der Waals surface area contributed by atoms with Crippen molar-refractivity contribution < 1.29 is 14.6 Å². The standard InChI is InChI=1S/C11H15NO3/c1-8(11(13)14)7-15-10-4-2-9(6-12)3-5-10/h2-5,8H,6-7,12H2,1H3,(H,13,14)/t8-/m1/s1. The van der Waals surface area contributed by atoms with Crippen LogP contribution in [0.15, 0.2) is 24.3 Å². The molecule has 0 aliphatic heterocycles. The molecule has 0 radical (unpaired) electrons. The van der Waals surface area contributed by atoms with Gasteiger partial charge in [0.1, 0.15) is 12.4 Å². The molecule has 0 saturated heterocycles. The monoisotopic (exact) mass is 209 g/mol. The third-order valence-corrected chi connectivity index (χ3v) is 2.08. The largest absolute Gasteiger partial charge is 0.493 e. The number of nitrogens with two attached hydrogens (primary N) is 1. The number of carboxylic acids is 1. The molecule has 1 aromatic rings. The second kappa shape index (κ2) is 5.36. The van der Waals surface area contributed by atoms with Crippen LogP contribution in [0, 0.1) is 5.92 Å². The lowest BCUT2D eigenvalue weighted by molar-refractivity contribution is -0.142. The molecule has 0 aliphatic carbocycles. The van der Waals surface area contributed by atoms with Gasteiger partial charge in [0.05, 0.1) is 5.92 Å². The molecule has 0 saturated carbocycles. The molecule has 15 heavy (non-hydrogen) atoms. The zero-order valence-electron chi connectivity index (χ0n) is 8.64. The number of aliphatic carboxylic acids is 1. The number of hydrogen-bond acceptors (Lipinski definition) is 3. The second-order valence-electron chi connectivity index (χ2n) is 3.40. The van der Waals surface area contributed by atoms with Crippen molar-refractivity contribution in [1.29, 1.82) is 0 Å². The summed E-state index contributed by atoms with van der Waals surface area (Å²) in [6.45, 7) is 2.28. The maximum absolute atomic E-state index is 10.5. The van der Waals surface area contributed by atoms with Crippen LogP contribution >= 0.6 is 0 Å². The minimum atomic E-state index is -0.853. The predicted octanol–water partition coefficient (Wildman–Crippen LogP) is 1.24. The summed E-state index contributed by atoms with van der Waals surface area (Å²) < 4.78 is 5.31. The van der Waals surface area contributed by atoms with Crippen molar-refractivity contribution in [3.05, 3.63) is 29.8 Å². The number of carbonyl (C=O) groups is 1. The molecule has 0 unspecified atom stereocenters. The number of carboxylic acid groups (broad SMARTS) is 1. The Morgan fingerprint density at radius 1 is 1.47 bits per heavy atom. The molecule has 4 nitrogen and oxygen atoms in total. The Kier molecular flexibility index (Phi) is 4.12. The molecule has 0 spiro atoms. The third kappa shape index (κ3) is 3.59. The quantitative estimate of drug-likeness (QED) is 0.765. The van der Waals surface area contributed by atoms with Crippen LogP contribution in [-0.4, -0.2) is 17.7 Å². The Hall–Kier alpha value is -1.55. The van der Waals surface area contributed by atoms with E-state index in [0.29, 0.717) is 12.3 Å². The fourth-order valence-electron chi connectivity index (χ4n) is 1.01. The van der Waals surface area contributed by atoms with Crippen molar-refractivity contribution in [1.82, 2.24) is 0 Å². The van der Waals surface area contributed by atoms with Crippen LogP contribution in [0.5, 0.6) is 5.75 Å². The van der Waals surface area contributed by atoms with Gasteiger partial charge in [0.25, 0.3) is 0 Å². The Morgan fingerprint density at radius 2 is 2.07 bits per heavy atom. The SMILES string of the molecule is C[C@H](COc1ccc(CN)cc1)C(=O)O. The molecule has 3 N–H and O–H groups in total. The van der Waals surface area contributed by atoms with Crippen molar-refractivity contribution in [2.45, 2.75) is 13.5 Å². The number of ether oxygens (including phenoxy) is 1. The summed E-state index contributed by atoms with van der Waals surface area (Å²) in [6.07, 6.45) is 0. The van der Waals surface area contributed by atoms with Gasteiger partial charge in [0.15, 0.2) is 0 Å². The molecule has 0 fully saturated rings. The number of benzene rings is 1. The van der Waals surface area contributed by atoms with Gasteiger partial charge in [-0.15, -0.1) is 0 Å². The van der Waals surface area contributed by atoms with Gasteiger partial charge in [-0.05, 0) is 24.6 Å². The summed E-state index contributed by atoms with van der Waals surface area (Å²) in [6, 6.07) is 7.30. The topological polar surface area (TPSA) is 72.5 Å². The van der Waals surface area contributed by atoms with Crippen LogP contribution in [0.4, 0.5) is 0 Å². The zero-order valence-corrected chi connectivity index (χ0v) is 8.64. The first-order valence-corrected chi connectivity index (χ1v) is 4.78. The summed E-state index contributed by atoms with van der Waals surface area (Å²) in [5.41, 5.74) is 6.47. The van der Waals surface area contributed by atoms with Crippen LogP contribution < -0.4 is 10.5 Å². The molecule has 4 heteroatoms. The maximum Gasteiger partial charge on any atom is 0.309 e. The highest BCUT2D eigenvalue weighted by Crippen LogP contribution is 2.12. The third-order valence-electron chi connectivity index (χ3n) is 2.08. The summed E-state index contributed by atoms with van der Waals surface area (Å²) in [7, 11) is 0. The van der Waals surface area contributed by atoms with Crippen LogP contribution in [0.2, 0.25) is 0 Å². The lowest BCUT2D eigenvalue weighted by Crippen LogP contribution is -2.17. The normalized spacial score (nSPS) is 12.1. The van der Waals surface area contributed by atoms with E-state index in [1.54, 1.807) is 19.1 Å². The number of rotatable bonds is 5. The van der Waals surface area contributed by atoms with Gasteiger partial charge in [-0.1, -0.05) is 12.1 Å². The van der Waals surface area contributed by atoms with Gasteiger partial charge >= 0.3 is 5.97 Å². The summed E-state index contributed by atoms with van der Waals surface area (Å²) in [5, 5.41) is 8.65. The van der Waals surface area contributed by atoms with Gasteiger partial charge in [-0.3, -0.25) is 4.79 Å². The Morgan fingerprint density at radius 3 is 2.53 bits per heavy atom. The van der Waals surface area contributed by atoms with Crippen LogP contribution in [0.1, 0.15) is 12.5 Å². The fourth-order valence-corrected chi connectivity index (χ4v) is 1.01. The van der Waals surface area contributed by atoms with Gasteiger partial charge in [-0.2, -0.15) is 0 Å². The highest BCUT2D eigenvalue weighted by atomic mass is 16.5. The molecule has 1 atom stereocenters. The first-order valence-electron chi connectivity index (χ1n) is 4.78. The van der Waals surface area contributed by atoms with Crippen LogP contribution in [0.25, 0.3) is 0 Å². The molecule has 0 aliphatic rings. The lowest BCUT2D eigenvalue weighted by Gasteiger charge is -2.09. The van der Waals surface area contributed by atoms with E-state index in [9.17, 15) is 4.79 Å². The zero-order chi connectivity index (χ0) is 11.3. The van der Waals surface area contributed by atoms with Gasteiger partial charge in [0, 0.05) is 6.54 Å². The Labute approximate surface area is 88.7 Å². The molecule has 1 rings (SSSR count). The summed E-state index contributed by atoms with van der Waals surface area (Å²) >= 11 is 0. The molecule has 0 aromatic heterocycles. The molecular formula is C11H15NO3. The van der Waals surface area contributed by atoms with E-state index < -0.39 is 11.9 Å².